The van der Waals surface area contributed by atoms with Gasteiger partial charge in [0.05, 0.1) is 41.5 Å². The highest BCUT2D eigenvalue weighted by Crippen LogP contribution is 2.35. The molecule has 15 heteroatoms. The summed E-state index contributed by atoms with van der Waals surface area (Å²) >= 11 is 0. The number of aromatic nitrogens is 2. The van der Waals surface area contributed by atoms with E-state index in [2.05, 4.69) is 15.3 Å². The number of carbonyl (C=O) groups is 2. The lowest BCUT2D eigenvalue weighted by atomic mass is 9.86. The SMILES string of the molecule is CCS(=O)(=O)c1ccc([C@H](CO)NC(=O)c2cnc(N3CC(c4ccc(C(F)(F)F)cc4)CC[C@H]3C(=O)N(C)OC)nc2)cc1. The fraction of sp³-hybridized carbons (Fsp3) is 0.400. The average Bonchev–Trinajstić information content (AvgIpc) is 3.05. The molecule has 0 spiro atoms. The minimum absolute atomic E-state index is 0.0619. The van der Waals surface area contributed by atoms with Crippen LogP contribution in [0, 0.1) is 0 Å². The van der Waals surface area contributed by atoms with Gasteiger partial charge in [-0.2, -0.15) is 13.2 Å². The molecule has 242 valence electrons. The van der Waals surface area contributed by atoms with Crippen LogP contribution in [0.3, 0.4) is 0 Å². The first-order chi connectivity index (χ1) is 21.3. The second-order valence-corrected chi connectivity index (χ2v) is 12.8. The van der Waals surface area contributed by atoms with Gasteiger partial charge in [-0.3, -0.25) is 14.4 Å². The minimum Gasteiger partial charge on any atom is -0.394 e. The summed E-state index contributed by atoms with van der Waals surface area (Å²) in [4.78, 5) is 41.7. The van der Waals surface area contributed by atoms with Crippen molar-refractivity contribution in [1.82, 2.24) is 20.3 Å². The number of amides is 2. The molecule has 2 N–H and O–H groups in total. The van der Waals surface area contributed by atoms with Crippen LogP contribution in [-0.4, -0.2) is 79.5 Å². The number of hydrogen-bond acceptors (Lipinski definition) is 9. The molecular formula is C30H34F3N5O6S. The second-order valence-electron chi connectivity index (χ2n) is 10.5. The molecule has 11 nitrogen and oxygen atoms in total. The number of hydroxylamine groups is 2. The molecule has 1 aliphatic heterocycles. The van der Waals surface area contributed by atoms with E-state index in [1.54, 1.807) is 4.90 Å². The average molecular weight is 650 g/mol. The highest BCUT2D eigenvalue weighted by molar-refractivity contribution is 7.91. The lowest BCUT2D eigenvalue weighted by molar-refractivity contribution is -0.170. The summed E-state index contributed by atoms with van der Waals surface area (Å²) in [6.45, 7) is 1.30. The molecule has 1 unspecified atom stereocenters. The minimum atomic E-state index is -4.46. The van der Waals surface area contributed by atoms with Crippen LogP contribution in [0.15, 0.2) is 65.8 Å². The maximum Gasteiger partial charge on any atom is 0.416 e. The molecule has 2 heterocycles. The number of piperidine rings is 1. The standard InChI is InChI=1S/C30H34F3N5O6S/c1-4-45(42,43)24-12-7-20(8-13-24)25(18-39)36-27(40)22-15-34-29(35-16-22)38-17-21(9-14-26(38)28(41)37(2)44-3)19-5-10-23(11-6-19)30(31,32)33/h5-8,10-13,15-16,21,25-26,39H,4,9,14,17-18H2,1-3H3,(H,36,40)/t21?,25-,26-/m0/s1. The van der Waals surface area contributed by atoms with E-state index in [1.807, 2.05) is 0 Å². The fourth-order valence-corrected chi connectivity index (χ4v) is 5.99. The summed E-state index contributed by atoms with van der Waals surface area (Å²) in [5, 5.41) is 13.7. The summed E-state index contributed by atoms with van der Waals surface area (Å²) in [6.07, 6.45) is -1.05. The zero-order valence-corrected chi connectivity index (χ0v) is 25.7. The van der Waals surface area contributed by atoms with Crippen molar-refractivity contribution in [2.45, 2.75) is 48.8 Å². The number of carbonyl (C=O) groups excluding carboxylic acids is 2. The third kappa shape index (κ3) is 7.78. The number of nitrogens with one attached hydrogen (secondary N) is 1. The van der Waals surface area contributed by atoms with Crippen molar-refractivity contribution in [3.8, 4) is 0 Å². The van der Waals surface area contributed by atoms with Crippen molar-refractivity contribution in [3.63, 3.8) is 0 Å². The number of aliphatic hydroxyl groups is 1. The first kappa shape index (κ1) is 33.8. The zero-order valence-electron chi connectivity index (χ0n) is 24.9. The van der Waals surface area contributed by atoms with Gasteiger partial charge in [-0.05, 0) is 48.2 Å². The van der Waals surface area contributed by atoms with Crippen molar-refractivity contribution in [2.24, 2.45) is 0 Å². The van der Waals surface area contributed by atoms with Gasteiger partial charge in [0.25, 0.3) is 11.8 Å². The Hall–Kier alpha value is -4.08. The van der Waals surface area contributed by atoms with Crippen LogP contribution in [0.2, 0.25) is 0 Å². The number of likely N-dealkylation sites (N-methyl/N-ethyl adjacent to an activating group) is 1. The number of anilines is 1. The van der Waals surface area contributed by atoms with Crippen LogP contribution in [0.5, 0.6) is 0 Å². The van der Waals surface area contributed by atoms with Crippen LogP contribution in [0.25, 0.3) is 0 Å². The Bertz CT molecular complexity index is 1590. The molecule has 0 radical (unpaired) electrons. The maximum atomic E-state index is 13.1. The third-order valence-corrected chi connectivity index (χ3v) is 9.58. The molecule has 2 aromatic carbocycles. The zero-order chi connectivity index (χ0) is 32.9. The first-order valence-electron chi connectivity index (χ1n) is 14.1. The van der Waals surface area contributed by atoms with Gasteiger partial charge in [0.2, 0.25) is 5.95 Å². The van der Waals surface area contributed by atoms with E-state index >= 15 is 0 Å². The highest BCUT2D eigenvalue weighted by atomic mass is 32.2. The predicted molar refractivity (Wildman–Crippen MR) is 158 cm³/mol. The molecule has 3 atom stereocenters. The quantitative estimate of drug-likeness (QED) is 0.316. The Morgan fingerprint density at radius 3 is 2.24 bits per heavy atom. The van der Waals surface area contributed by atoms with Crippen LogP contribution < -0.4 is 10.2 Å². The lowest BCUT2D eigenvalue weighted by Crippen LogP contribution is -2.52. The van der Waals surface area contributed by atoms with Gasteiger partial charge < -0.3 is 15.3 Å². The molecule has 3 aromatic rings. The molecule has 1 saturated heterocycles. The van der Waals surface area contributed by atoms with E-state index < -0.39 is 46.2 Å². The van der Waals surface area contributed by atoms with E-state index in [0.29, 0.717) is 24.0 Å². The number of nitrogens with zero attached hydrogens (tertiary/aromatic N) is 4. The normalized spacial score (nSPS) is 17.9. The van der Waals surface area contributed by atoms with E-state index in [4.69, 9.17) is 4.84 Å². The van der Waals surface area contributed by atoms with Gasteiger partial charge in [-0.15, -0.1) is 0 Å². The van der Waals surface area contributed by atoms with Gasteiger partial charge in [0.15, 0.2) is 9.84 Å². The largest absolute Gasteiger partial charge is 0.416 e. The summed E-state index contributed by atoms with van der Waals surface area (Å²) in [5.41, 5.74) is 0.474. The van der Waals surface area contributed by atoms with Gasteiger partial charge >= 0.3 is 6.18 Å². The Morgan fingerprint density at radius 2 is 1.71 bits per heavy atom. The Kier molecular flexibility index (Phi) is 10.5. The monoisotopic (exact) mass is 649 g/mol. The van der Waals surface area contributed by atoms with Gasteiger partial charge in [0, 0.05) is 31.9 Å². The van der Waals surface area contributed by atoms with Crippen LogP contribution >= 0.6 is 0 Å². The molecule has 1 aliphatic rings. The van der Waals surface area contributed by atoms with Crippen molar-refractivity contribution in [1.29, 1.82) is 0 Å². The third-order valence-electron chi connectivity index (χ3n) is 7.83. The summed E-state index contributed by atoms with van der Waals surface area (Å²) < 4.78 is 63.5. The van der Waals surface area contributed by atoms with E-state index in [9.17, 15) is 36.3 Å². The van der Waals surface area contributed by atoms with Crippen molar-refractivity contribution in [3.05, 3.63) is 83.2 Å². The number of aliphatic hydroxyl groups excluding tert-OH is 1. The number of sulfone groups is 1. The lowest BCUT2D eigenvalue weighted by Gasteiger charge is -2.40. The molecular weight excluding hydrogens is 615 g/mol. The van der Waals surface area contributed by atoms with Crippen molar-refractivity contribution < 1.29 is 41.1 Å². The molecule has 4 rings (SSSR count). The molecule has 0 saturated carbocycles. The summed E-state index contributed by atoms with van der Waals surface area (Å²) in [5.74, 6) is -1.11. The molecule has 1 fully saturated rings. The molecule has 1 aromatic heterocycles. The number of hydrogen-bond donors (Lipinski definition) is 2. The number of halogens is 3. The van der Waals surface area contributed by atoms with E-state index in [-0.39, 0.29) is 40.5 Å². The molecule has 0 bridgehead atoms. The van der Waals surface area contributed by atoms with Gasteiger partial charge in [-0.1, -0.05) is 31.2 Å². The predicted octanol–water partition coefficient (Wildman–Crippen LogP) is 3.52. The number of rotatable bonds is 10. The molecule has 0 aliphatic carbocycles. The molecule has 2 amide bonds. The summed E-state index contributed by atoms with van der Waals surface area (Å²) in [7, 11) is -0.600. The van der Waals surface area contributed by atoms with E-state index in [1.165, 1.54) is 69.9 Å². The smallest absolute Gasteiger partial charge is 0.394 e. The second kappa shape index (κ2) is 13.9. The molecule has 45 heavy (non-hydrogen) atoms. The maximum absolute atomic E-state index is 13.1. The highest BCUT2D eigenvalue weighted by Gasteiger charge is 2.37. The van der Waals surface area contributed by atoms with Crippen LogP contribution in [0.4, 0.5) is 19.1 Å². The fourth-order valence-electron chi connectivity index (χ4n) is 5.10. The Morgan fingerprint density at radius 1 is 1.09 bits per heavy atom. The number of benzene rings is 2. The van der Waals surface area contributed by atoms with Crippen molar-refractivity contribution in [2.75, 3.05) is 38.0 Å². The van der Waals surface area contributed by atoms with E-state index in [0.717, 1.165) is 17.2 Å². The van der Waals surface area contributed by atoms with Gasteiger partial charge in [0.1, 0.15) is 6.04 Å². The van der Waals surface area contributed by atoms with Crippen LogP contribution in [-0.2, 0) is 25.6 Å². The summed E-state index contributed by atoms with van der Waals surface area (Å²) in [6, 6.07) is 9.21. The first-order valence-corrected chi connectivity index (χ1v) is 15.8. The Balaban J connectivity index is 1.53. The van der Waals surface area contributed by atoms with Crippen molar-refractivity contribution >= 4 is 27.6 Å². The Labute approximate surface area is 258 Å². The van der Waals surface area contributed by atoms with Crippen LogP contribution in [0.1, 0.15) is 58.8 Å². The topological polar surface area (TPSA) is 142 Å². The number of alkyl halides is 3. The van der Waals surface area contributed by atoms with Gasteiger partial charge in [-0.25, -0.2) is 23.4 Å².